The van der Waals surface area contributed by atoms with Crippen LogP contribution in [0.1, 0.15) is 12.8 Å². The Labute approximate surface area is 91.9 Å². The zero-order valence-electron chi connectivity index (χ0n) is 8.90. The molecule has 0 aromatic carbocycles. The number of hydrogen-bond acceptors (Lipinski definition) is 4. The van der Waals surface area contributed by atoms with Crippen LogP contribution in [0.3, 0.4) is 0 Å². The Kier molecular flexibility index (Phi) is 3.09. The minimum absolute atomic E-state index is 0.204. The van der Waals surface area contributed by atoms with Gasteiger partial charge in [0.15, 0.2) is 0 Å². The van der Waals surface area contributed by atoms with Crippen LogP contribution < -0.4 is 16.1 Å². The summed E-state index contributed by atoms with van der Waals surface area (Å²) in [6.45, 7) is 1.68. The molecule has 0 aliphatic carbocycles. The van der Waals surface area contributed by atoms with Gasteiger partial charge in [-0.05, 0) is 18.8 Å². The van der Waals surface area contributed by atoms with Crippen LogP contribution in [0.4, 0.5) is 5.69 Å². The zero-order chi connectivity index (χ0) is 11.5. The quantitative estimate of drug-likeness (QED) is 0.619. The van der Waals surface area contributed by atoms with Crippen molar-refractivity contribution in [2.75, 3.05) is 24.6 Å². The molecule has 1 saturated heterocycles. The molecule has 88 valence electrons. The van der Waals surface area contributed by atoms with Crippen LogP contribution in [0.15, 0.2) is 15.8 Å². The van der Waals surface area contributed by atoms with Gasteiger partial charge in [-0.2, -0.15) is 0 Å². The number of nitrogens with one attached hydrogen (secondary N) is 2. The van der Waals surface area contributed by atoms with E-state index in [2.05, 4.69) is 9.97 Å². The van der Waals surface area contributed by atoms with Crippen LogP contribution in [0, 0.1) is 5.92 Å². The molecule has 1 aliphatic rings. The van der Waals surface area contributed by atoms with Gasteiger partial charge < -0.3 is 15.0 Å². The van der Waals surface area contributed by atoms with Gasteiger partial charge in [-0.1, -0.05) is 0 Å². The summed E-state index contributed by atoms with van der Waals surface area (Å²) in [5, 5.41) is 9.00. The normalized spacial score (nSPS) is 17.7. The number of aliphatic hydroxyl groups is 1. The van der Waals surface area contributed by atoms with Gasteiger partial charge in [-0.25, -0.2) is 4.79 Å². The van der Waals surface area contributed by atoms with Gasteiger partial charge in [0.2, 0.25) is 0 Å². The fraction of sp³-hybridized carbons (Fsp3) is 0.600. The average molecular weight is 225 g/mol. The van der Waals surface area contributed by atoms with Gasteiger partial charge in [0.05, 0.1) is 0 Å². The monoisotopic (exact) mass is 225 g/mol. The Morgan fingerprint density at radius 2 is 2.06 bits per heavy atom. The number of aromatic nitrogens is 2. The van der Waals surface area contributed by atoms with E-state index in [0.717, 1.165) is 25.9 Å². The first-order valence-electron chi connectivity index (χ1n) is 5.38. The highest BCUT2D eigenvalue weighted by molar-refractivity contribution is 5.41. The molecule has 0 spiro atoms. The molecule has 1 aliphatic heterocycles. The fourth-order valence-electron chi connectivity index (χ4n) is 1.99. The van der Waals surface area contributed by atoms with Crippen molar-refractivity contribution in [2.45, 2.75) is 12.8 Å². The van der Waals surface area contributed by atoms with Crippen molar-refractivity contribution in [3.05, 3.63) is 27.0 Å². The molecule has 6 nitrogen and oxygen atoms in total. The Bertz CT molecular complexity index is 457. The van der Waals surface area contributed by atoms with Gasteiger partial charge in [-0.15, -0.1) is 0 Å². The Morgan fingerprint density at radius 3 is 2.62 bits per heavy atom. The van der Waals surface area contributed by atoms with Crippen molar-refractivity contribution >= 4 is 5.69 Å². The number of H-pyrrole nitrogens is 2. The van der Waals surface area contributed by atoms with E-state index in [9.17, 15) is 9.59 Å². The van der Waals surface area contributed by atoms with E-state index in [-0.39, 0.29) is 12.2 Å². The zero-order valence-corrected chi connectivity index (χ0v) is 8.90. The first-order chi connectivity index (χ1) is 7.70. The maximum absolute atomic E-state index is 11.5. The van der Waals surface area contributed by atoms with E-state index in [0.29, 0.717) is 11.6 Å². The number of aromatic amines is 2. The second kappa shape index (κ2) is 4.52. The summed E-state index contributed by atoms with van der Waals surface area (Å²) in [5.41, 5.74) is -0.346. The van der Waals surface area contributed by atoms with Crippen molar-refractivity contribution in [2.24, 2.45) is 5.92 Å². The maximum atomic E-state index is 11.5. The number of piperidine rings is 1. The molecule has 1 aromatic heterocycles. The molecule has 0 atom stereocenters. The average Bonchev–Trinajstić information content (AvgIpc) is 2.29. The van der Waals surface area contributed by atoms with Crippen LogP contribution in [-0.4, -0.2) is 34.8 Å². The SMILES string of the molecule is O=c1[nH]cc(N2CCC(CO)CC2)c(=O)[nH]1. The second-order valence-electron chi connectivity index (χ2n) is 4.07. The lowest BCUT2D eigenvalue weighted by Gasteiger charge is -2.31. The molecule has 2 rings (SSSR count). The molecule has 1 fully saturated rings. The number of rotatable bonds is 2. The summed E-state index contributed by atoms with van der Waals surface area (Å²) in [6.07, 6.45) is 3.19. The van der Waals surface area contributed by atoms with Gasteiger partial charge in [0.1, 0.15) is 5.69 Å². The summed E-state index contributed by atoms with van der Waals surface area (Å²) in [7, 11) is 0. The van der Waals surface area contributed by atoms with Gasteiger partial charge >= 0.3 is 5.69 Å². The van der Waals surface area contributed by atoms with Crippen LogP contribution >= 0.6 is 0 Å². The third-order valence-electron chi connectivity index (χ3n) is 3.01. The number of nitrogens with zero attached hydrogens (tertiary/aromatic N) is 1. The second-order valence-corrected chi connectivity index (χ2v) is 4.07. The Hall–Kier alpha value is -1.56. The van der Waals surface area contributed by atoms with Crippen LogP contribution in [-0.2, 0) is 0 Å². The van der Waals surface area contributed by atoms with Crippen molar-refractivity contribution < 1.29 is 5.11 Å². The lowest BCUT2D eigenvalue weighted by Crippen LogP contribution is -2.39. The number of anilines is 1. The Morgan fingerprint density at radius 1 is 1.38 bits per heavy atom. The lowest BCUT2D eigenvalue weighted by atomic mass is 9.98. The molecule has 0 amide bonds. The smallest absolute Gasteiger partial charge is 0.325 e. The predicted molar refractivity (Wildman–Crippen MR) is 59.7 cm³/mol. The van der Waals surface area contributed by atoms with Crippen LogP contribution in [0.2, 0.25) is 0 Å². The largest absolute Gasteiger partial charge is 0.396 e. The summed E-state index contributed by atoms with van der Waals surface area (Å²) >= 11 is 0. The molecule has 0 unspecified atom stereocenters. The molecule has 3 N–H and O–H groups in total. The summed E-state index contributed by atoms with van der Waals surface area (Å²) in [6, 6.07) is 0. The first-order valence-corrected chi connectivity index (χ1v) is 5.38. The number of aliphatic hydroxyl groups excluding tert-OH is 1. The summed E-state index contributed by atoms with van der Waals surface area (Å²) in [4.78, 5) is 29.0. The van der Waals surface area contributed by atoms with Gasteiger partial charge in [0, 0.05) is 25.9 Å². The molecule has 6 heteroatoms. The van der Waals surface area contributed by atoms with E-state index in [1.807, 2.05) is 4.90 Å². The molecule has 0 saturated carbocycles. The van der Waals surface area contributed by atoms with E-state index < -0.39 is 5.69 Å². The summed E-state index contributed by atoms with van der Waals surface area (Å²) < 4.78 is 0. The minimum Gasteiger partial charge on any atom is -0.396 e. The predicted octanol–water partition coefficient (Wildman–Crippen LogP) is -0.728. The summed E-state index contributed by atoms with van der Waals surface area (Å²) in [5.74, 6) is 0.332. The van der Waals surface area contributed by atoms with Crippen molar-refractivity contribution in [1.29, 1.82) is 0 Å². The minimum atomic E-state index is -0.487. The highest BCUT2D eigenvalue weighted by atomic mass is 16.3. The van der Waals surface area contributed by atoms with E-state index in [1.165, 1.54) is 6.20 Å². The van der Waals surface area contributed by atoms with E-state index in [4.69, 9.17) is 5.11 Å². The third kappa shape index (κ3) is 2.16. The maximum Gasteiger partial charge on any atom is 0.325 e. The van der Waals surface area contributed by atoms with Crippen molar-refractivity contribution in [3.8, 4) is 0 Å². The van der Waals surface area contributed by atoms with Gasteiger partial charge in [0.25, 0.3) is 5.56 Å². The highest BCUT2D eigenvalue weighted by Crippen LogP contribution is 2.19. The van der Waals surface area contributed by atoms with Crippen LogP contribution in [0.5, 0.6) is 0 Å². The highest BCUT2D eigenvalue weighted by Gasteiger charge is 2.20. The molecule has 1 aromatic rings. The van der Waals surface area contributed by atoms with Gasteiger partial charge in [-0.3, -0.25) is 9.78 Å². The lowest BCUT2D eigenvalue weighted by molar-refractivity contribution is 0.203. The van der Waals surface area contributed by atoms with Crippen molar-refractivity contribution in [3.63, 3.8) is 0 Å². The molecule has 0 bridgehead atoms. The fourth-order valence-corrected chi connectivity index (χ4v) is 1.99. The Balaban J connectivity index is 2.14. The molecular formula is C10H15N3O3. The van der Waals surface area contributed by atoms with E-state index >= 15 is 0 Å². The molecular weight excluding hydrogens is 210 g/mol. The molecule has 16 heavy (non-hydrogen) atoms. The van der Waals surface area contributed by atoms with E-state index in [1.54, 1.807) is 0 Å². The number of hydrogen-bond donors (Lipinski definition) is 3. The molecule has 2 heterocycles. The first kappa shape index (κ1) is 10.9. The van der Waals surface area contributed by atoms with Crippen LogP contribution in [0.25, 0.3) is 0 Å². The molecule has 0 radical (unpaired) electrons. The van der Waals surface area contributed by atoms with Crippen molar-refractivity contribution in [1.82, 2.24) is 9.97 Å². The standard InChI is InChI=1S/C10H15N3O3/c14-6-7-1-3-13(4-2-7)8-5-11-10(16)12-9(8)15/h5,7,14H,1-4,6H2,(H2,11,12,15,16). The third-order valence-corrected chi connectivity index (χ3v) is 3.01. The topological polar surface area (TPSA) is 89.2 Å².